The fraction of sp³-hybridized carbons (Fsp3) is 0.333. The van der Waals surface area contributed by atoms with Crippen molar-refractivity contribution in [2.45, 2.75) is 6.92 Å². The van der Waals surface area contributed by atoms with Crippen molar-refractivity contribution in [1.82, 2.24) is 9.88 Å². The number of hydrogen-bond donors (Lipinski definition) is 0. The van der Waals surface area contributed by atoms with E-state index in [-0.39, 0.29) is 18.3 Å². The van der Waals surface area contributed by atoms with Crippen LogP contribution in [0.5, 0.6) is 5.75 Å². The molecule has 3 rings (SSSR count). The van der Waals surface area contributed by atoms with Crippen LogP contribution < -0.4 is 9.64 Å². The predicted octanol–water partition coefficient (Wildman–Crippen LogP) is 3.92. The molecule has 1 amide bonds. The van der Waals surface area contributed by atoms with Gasteiger partial charge in [-0.05, 0) is 45.3 Å². The van der Waals surface area contributed by atoms with Crippen molar-refractivity contribution in [3.8, 4) is 5.75 Å². The molecule has 140 valence electrons. The molecular weight excluding hydrogens is 374 g/mol. The molecule has 0 aliphatic heterocycles. The van der Waals surface area contributed by atoms with Gasteiger partial charge in [0.2, 0.25) is 0 Å². The molecule has 6 nitrogen and oxygen atoms in total. The van der Waals surface area contributed by atoms with Gasteiger partial charge in [-0.1, -0.05) is 17.4 Å². The minimum Gasteiger partial charge on any atom is -0.492 e. The number of rotatable bonds is 7. The minimum atomic E-state index is -0.191. The molecule has 0 aliphatic rings. The molecule has 26 heavy (non-hydrogen) atoms. The van der Waals surface area contributed by atoms with Gasteiger partial charge in [0.25, 0.3) is 5.91 Å². The highest BCUT2D eigenvalue weighted by atomic mass is 35.5. The molecule has 1 aromatic carbocycles. The molecule has 3 aromatic rings. The lowest BCUT2D eigenvalue weighted by molar-refractivity contribution is 0.0958. The van der Waals surface area contributed by atoms with E-state index < -0.39 is 0 Å². The Morgan fingerprint density at radius 2 is 2.04 bits per heavy atom. The third-order valence-electron chi connectivity index (χ3n) is 3.65. The van der Waals surface area contributed by atoms with E-state index in [2.05, 4.69) is 4.98 Å². The lowest BCUT2D eigenvalue weighted by Gasteiger charge is -2.20. The van der Waals surface area contributed by atoms with Crippen molar-refractivity contribution < 1.29 is 13.9 Å². The number of likely N-dealkylation sites (N-methyl/N-ethyl adjacent to an activating group) is 1. The summed E-state index contributed by atoms with van der Waals surface area (Å²) in [5, 5.41) is 0.644. The Morgan fingerprint density at radius 1 is 1.23 bits per heavy atom. The molecule has 2 aromatic heterocycles. The van der Waals surface area contributed by atoms with Gasteiger partial charge in [-0.2, -0.15) is 0 Å². The minimum absolute atomic E-state index is 0. The topological polar surface area (TPSA) is 58.8 Å². The van der Waals surface area contributed by atoms with Crippen LogP contribution in [0.3, 0.4) is 0 Å². The highest BCUT2D eigenvalue weighted by molar-refractivity contribution is 7.22. The summed E-state index contributed by atoms with van der Waals surface area (Å²) in [4.78, 5) is 21.2. The summed E-state index contributed by atoms with van der Waals surface area (Å²) < 4.78 is 11.9. The third kappa shape index (κ3) is 4.35. The number of benzene rings is 1. The first-order valence-corrected chi connectivity index (χ1v) is 8.94. The highest BCUT2D eigenvalue weighted by Crippen LogP contribution is 2.34. The van der Waals surface area contributed by atoms with Crippen LogP contribution in [0.25, 0.3) is 10.2 Å². The molecule has 0 bridgehead atoms. The second-order valence-corrected chi connectivity index (χ2v) is 6.78. The van der Waals surface area contributed by atoms with Gasteiger partial charge in [-0.15, -0.1) is 12.4 Å². The lowest BCUT2D eigenvalue weighted by atomic mass is 10.3. The van der Waals surface area contributed by atoms with Gasteiger partial charge in [-0.3, -0.25) is 9.69 Å². The average molecular weight is 396 g/mol. The van der Waals surface area contributed by atoms with Crippen LogP contribution in [-0.4, -0.2) is 49.6 Å². The maximum Gasteiger partial charge on any atom is 0.295 e. The van der Waals surface area contributed by atoms with Crippen molar-refractivity contribution >= 4 is 45.0 Å². The number of carbonyl (C=O) groups is 1. The molecular formula is C18H22ClN3O3S. The number of aromatic nitrogens is 1. The first kappa shape index (κ1) is 20.2. The summed E-state index contributed by atoms with van der Waals surface area (Å²) in [6.45, 7) is 3.76. The van der Waals surface area contributed by atoms with E-state index in [1.807, 2.05) is 44.1 Å². The van der Waals surface area contributed by atoms with Gasteiger partial charge < -0.3 is 14.1 Å². The van der Waals surface area contributed by atoms with Crippen LogP contribution >= 0.6 is 23.7 Å². The van der Waals surface area contributed by atoms with Crippen molar-refractivity contribution in [2.75, 3.05) is 38.7 Å². The summed E-state index contributed by atoms with van der Waals surface area (Å²) in [6, 6.07) is 9.20. The van der Waals surface area contributed by atoms with Crippen LogP contribution in [0, 0.1) is 0 Å². The number of hydrogen-bond acceptors (Lipinski definition) is 6. The number of fused-ring (bicyclic) bond motifs is 1. The van der Waals surface area contributed by atoms with E-state index in [4.69, 9.17) is 9.15 Å². The fourth-order valence-corrected chi connectivity index (χ4v) is 3.42. The van der Waals surface area contributed by atoms with Crippen molar-refractivity contribution in [3.05, 3.63) is 42.4 Å². The molecule has 0 aliphatic carbocycles. The summed E-state index contributed by atoms with van der Waals surface area (Å²) in [7, 11) is 3.95. The van der Waals surface area contributed by atoms with Crippen molar-refractivity contribution in [2.24, 2.45) is 0 Å². The van der Waals surface area contributed by atoms with Crippen LogP contribution in [0.2, 0.25) is 0 Å². The number of carbonyl (C=O) groups excluding carboxylic acids is 1. The summed E-state index contributed by atoms with van der Waals surface area (Å²) in [5.41, 5.74) is 0.784. The van der Waals surface area contributed by atoms with E-state index in [1.165, 1.54) is 17.6 Å². The molecule has 0 atom stereocenters. The van der Waals surface area contributed by atoms with Gasteiger partial charge in [0.05, 0.1) is 17.6 Å². The molecule has 8 heteroatoms. The second kappa shape index (κ2) is 9.02. The number of halogens is 1. The quantitative estimate of drug-likeness (QED) is 0.606. The number of nitrogens with zero attached hydrogens (tertiary/aromatic N) is 3. The Bertz CT molecular complexity index is 849. The molecule has 0 saturated heterocycles. The molecule has 0 unspecified atom stereocenters. The Hall–Kier alpha value is -2.09. The number of thiazole rings is 1. The van der Waals surface area contributed by atoms with Gasteiger partial charge in [0.15, 0.2) is 10.9 Å². The standard InChI is InChI=1S/C18H21N3O3S.ClH/c1-4-23-13-7-5-9-15-16(13)19-18(25-15)21(11-10-20(2)3)17(22)14-8-6-12-24-14;/h5-9,12H,4,10-11H2,1-3H3;1H. The largest absolute Gasteiger partial charge is 0.492 e. The monoisotopic (exact) mass is 395 g/mol. The van der Waals surface area contributed by atoms with Crippen LogP contribution in [0.4, 0.5) is 5.13 Å². The van der Waals surface area contributed by atoms with Gasteiger partial charge in [0, 0.05) is 13.1 Å². The van der Waals surface area contributed by atoms with Gasteiger partial charge >= 0.3 is 0 Å². The zero-order valence-electron chi connectivity index (χ0n) is 15.0. The van der Waals surface area contributed by atoms with Crippen LogP contribution in [0.15, 0.2) is 41.0 Å². The molecule has 0 spiro atoms. The average Bonchev–Trinajstić information content (AvgIpc) is 3.25. The summed E-state index contributed by atoms with van der Waals surface area (Å²) in [6.07, 6.45) is 1.50. The zero-order valence-corrected chi connectivity index (χ0v) is 16.6. The number of para-hydroxylation sites is 1. The van der Waals surface area contributed by atoms with Gasteiger partial charge in [0.1, 0.15) is 11.3 Å². The second-order valence-electron chi connectivity index (χ2n) is 5.77. The van der Waals surface area contributed by atoms with E-state index in [0.717, 1.165) is 22.5 Å². The molecule has 0 saturated carbocycles. The Kier molecular flexibility index (Phi) is 7.02. The van der Waals surface area contributed by atoms with E-state index in [0.29, 0.717) is 24.0 Å². The zero-order chi connectivity index (χ0) is 17.8. The molecule has 0 N–H and O–H groups in total. The smallest absolute Gasteiger partial charge is 0.295 e. The normalized spacial score (nSPS) is 10.8. The first-order valence-electron chi connectivity index (χ1n) is 8.12. The number of anilines is 1. The molecule has 0 radical (unpaired) electrons. The van der Waals surface area contributed by atoms with E-state index in [9.17, 15) is 4.79 Å². The Labute approximate surface area is 162 Å². The first-order chi connectivity index (χ1) is 12.1. The van der Waals surface area contributed by atoms with Crippen LogP contribution in [0.1, 0.15) is 17.5 Å². The summed E-state index contributed by atoms with van der Waals surface area (Å²) in [5.74, 6) is 0.854. The molecule has 0 fully saturated rings. The number of ether oxygens (including phenoxy) is 1. The van der Waals surface area contributed by atoms with Crippen molar-refractivity contribution in [1.29, 1.82) is 0 Å². The SMILES string of the molecule is CCOc1cccc2sc(N(CCN(C)C)C(=O)c3ccco3)nc12.Cl. The summed E-state index contributed by atoms with van der Waals surface area (Å²) >= 11 is 1.48. The van der Waals surface area contributed by atoms with E-state index in [1.54, 1.807) is 17.0 Å². The van der Waals surface area contributed by atoms with Gasteiger partial charge in [-0.25, -0.2) is 4.98 Å². The van der Waals surface area contributed by atoms with Crippen molar-refractivity contribution in [3.63, 3.8) is 0 Å². The molecule has 2 heterocycles. The predicted molar refractivity (Wildman–Crippen MR) is 107 cm³/mol. The third-order valence-corrected chi connectivity index (χ3v) is 4.69. The number of furan rings is 1. The maximum absolute atomic E-state index is 12.9. The number of amides is 1. The lowest BCUT2D eigenvalue weighted by Crippen LogP contribution is -2.36. The highest BCUT2D eigenvalue weighted by Gasteiger charge is 2.24. The Balaban J connectivity index is 0.00000243. The Morgan fingerprint density at radius 3 is 2.69 bits per heavy atom. The maximum atomic E-state index is 12.9. The van der Waals surface area contributed by atoms with Crippen LogP contribution in [-0.2, 0) is 0 Å². The van der Waals surface area contributed by atoms with E-state index >= 15 is 0 Å². The fourth-order valence-electron chi connectivity index (χ4n) is 2.42.